The van der Waals surface area contributed by atoms with Gasteiger partial charge in [-0.2, -0.15) is 0 Å². The minimum Gasteiger partial charge on any atom is -0.396 e. The summed E-state index contributed by atoms with van der Waals surface area (Å²) in [5, 5.41) is 20.1. The summed E-state index contributed by atoms with van der Waals surface area (Å²) in [4.78, 5) is 0. The van der Waals surface area contributed by atoms with Gasteiger partial charge in [-0.1, -0.05) is 33.1 Å². The molecule has 0 heterocycles. The van der Waals surface area contributed by atoms with Crippen LogP contribution in [-0.4, -0.2) is 29.1 Å². The van der Waals surface area contributed by atoms with E-state index in [1.807, 2.05) is 6.92 Å². The van der Waals surface area contributed by atoms with Gasteiger partial charge in [-0.3, -0.25) is 4.39 Å². The van der Waals surface area contributed by atoms with Crippen molar-refractivity contribution in [3.8, 4) is 0 Å². The molecule has 0 saturated heterocycles. The number of rotatable bonds is 4. The number of alkyl halides is 1. The molecule has 2 rings (SSSR count). The van der Waals surface area contributed by atoms with Crippen molar-refractivity contribution < 1.29 is 14.6 Å². The lowest BCUT2D eigenvalue weighted by Crippen LogP contribution is -2.41. The van der Waals surface area contributed by atoms with Crippen molar-refractivity contribution in [1.29, 1.82) is 0 Å². The number of fused-ring (bicyclic) bond motifs is 1. The lowest BCUT2D eigenvalue weighted by molar-refractivity contribution is -0.0239. The van der Waals surface area contributed by atoms with Crippen LogP contribution in [0.3, 0.4) is 0 Å². The van der Waals surface area contributed by atoms with E-state index < -0.39 is 5.60 Å². The van der Waals surface area contributed by atoms with Crippen LogP contribution in [0.15, 0.2) is 0 Å². The Kier molecular flexibility index (Phi) is 6.91. The van der Waals surface area contributed by atoms with E-state index in [0.717, 1.165) is 38.5 Å². The Bertz CT molecular complexity index is 358. The van der Waals surface area contributed by atoms with Gasteiger partial charge in [0.25, 0.3) is 0 Å². The van der Waals surface area contributed by atoms with Crippen molar-refractivity contribution >= 4 is 0 Å². The fourth-order valence-electron chi connectivity index (χ4n) is 5.70. The SMILES string of the molecule is CCC1C(CCO)CCC2CCC[C@](C)(O)[C@@H](C)C[C@H](CF)C21. The first-order chi connectivity index (χ1) is 10.9. The molecule has 0 bridgehead atoms. The Balaban J connectivity index is 2.26. The van der Waals surface area contributed by atoms with Crippen LogP contribution < -0.4 is 0 Å². The van der Waals surface area contributed by atoms with E-state index in [1.54, 1.807) is 0 Å². The molecule has 0 aliphatic heterocycles. The van der Waals surface area contributed by atoms with Crippen LogP contribution in [0.4, 0.5) is 4.39 Å². The summed E-state index contributed by atoms with van der Waals surface area (Å²) in [5.41, 5.74) is -0.660. The van der Waals surface area contributed by atoms with Gasteiger partial charge in [0, 0.05) is 6.61 Å². The van der Waals surface area contributed by atoms with Gasteiger partial charge in [-0.25, -0.2) is 0 Å². The lowest BCUT2D eigenvalue weighted by atomic mass is 9.59. The van der Waals surface area contributed by atoms with Crippen LogP contribution in [-0.2, 0) is 0 Å². The maximum Gasteiger partial charge on any atom is 0.0925 e. The first-order valence-electron chi connectivity index (χ1n) is 9.83. The fraction of sp³-hybridized carbons (Fsp3) is 1.00. The first-order valence-corrected chi connectivity index (χ1v) is 9.83. The zero-order valence-corrected chi connectivity index (χ0v) is 15.3. The van der Waals surface area contributed by atoms with Crippen LogP contribution in [0.2, 0.25) is 0 Å². The highest BCUT2D eigenvalue weighted by molar-refractivity contribution is 4.94. The molecule has 2 aliphatic carbocycles. The van der Waals surface area contributed by atoms with E-state index in [4.69, 9.17) is 0 Å². The lowest BCUT2D eigenvalue weighted by Gasteiger charge is -2.46. The van der Waals surface area contributed by atoms with Gasteiger partial charge < -0.3 is 10.2 Å². The van der Waals surface area contributed by atoms with Crippen molar-refractivity contribution in [3.63, 3.8) is 0 Å². The van der Waals surface area contributed by atoms with E-state index in [0.29, 0.717) is 23.7 Å². The molecule has 2 fully saturated rings. The average Bonchev–Trinajstić information content (AvgIpc) is 2.56. The van der Waals surface area contributed by atoms with Crippen molar-refractivity contribution in [3.05, 3.63) is 0 Å². The third-order valence-corrected chi connectivity index (χ3v) is 7.24. The van der Waals surface area contributed by atoms with E-state index in [-0.39, 0.29) is 25.1 Å². The normalized spacial score (nSPS) is 45.7. The van der Waals surface area contributed by atoms with Gasteiger partial charge in [-0.05, 0) is 74.5 Å². The number of aliphatic hydroxyl groups excluding tert-OH is 1. The molecule has 23 heavy (non-hydrogen) atoms. The van der Waals surface area contributed by atoms with E-state index >= 15 is 0 Å². The minimum atomic E-state index is -0.660. The molecule has 2 saturated carbocycles. The highest BCUT2D eigenvalue weighted by Crippen LogP contribution is 2.50. The zero-order chi connectivity index (χ0) is 17.0. The summed E-state index contributed by atoms with van der Waals surface area (Å²) in [5.74, 6) is 2.36. The van der Waals surface area contributed by atoms with E-state index in [1.165, 1.54) is 12.8 Å². The summed E-state index contributed by atoms with van der Waals surface area (Å²) >= 11 is 0. The number of hydrogen-bond acceptors (Lipinski definition) is 2. The van der Waals surface area contributed by atoms with Crippen LogP contribution >= 0.6 is 0 Å². The molecule has 4 unspecified atom stereocenters. The maximum absolute atomic E-state index is 14.0. The van der Waals surface area contributed by atoms with Gasteiger partial charge >= 0.3 is 0 Å². The minimum absolute atomic E-state index is 0.0750. The second-order valence-corrected chi connectivity index (χ2v) is 8.56. The van der Waals surface area contributed by atoms with Crippen LogP contribution in [0, 0.1) is 35.5 Å². The van der Waals surface area contributed by atoms with Crippen molar-refractivity contribution in [1.82, 2.24) is 0 Å². The monoisotopic (exact) mass is 328 g/mol. The number of halogens is 1. The number of aliphatic hydroxyl groups is 2. The second kappa shape index (κ2) is 8.29. The summed E-state index contributed by atoms with van der Waals surface area (Å²) < 4.78 is 14.0. The molecule has 0 radical (unpaired) electrons. The maximum atomic E-state index is 14.0. The van der Waals surface area contributed by atoms with Crippen LogP contribution in [0.25, 0.3) is 0 Å². The summed E-state index contributed by atoms with van der Waals surface area (Å²) in [6.07, 6.45) is 8.15. The quantitative estimate of drug-likeness (QED) is 0.793. The van der Waals surface area contributed by atoms with Gasteiger partial charge in [-0.15, -0.1) is 0 Å². The predicted octanol–water partition coefficient (Wildman–Crippen LogP) is 4.58. The molecule has 0 aromatic heterocycles. The van der Waals surface area contributed by atoms with Crippen LogP contribution in [0.1, 0.15) is 72.1 Å². The molecule has 3 heteroatoms. The second-order valence-electron chi connectivity index (χ2n) is 8.56. The molecule has 2 nitrogen and oxygen atoms in total. The van der Waals surface area contributed by atoms with Crippen LogP contribution in [0.5, 0.6) is 0 Å². The van der Waals surface area contributed by atoms with E-state index in [9.17, 15) is 14.6 Å². The third-order valence-electron chi connectivity index (χ3n) is 7.24. The Morgan fingerprint density at radius 1 is 1.17 bits per heavy atom. The summed E-state index contributed by atoms with van der Waals surface area (Å²) in [6.45, 7) is 6.26. The summed E-state index contributed by atoms with van der Waals surface area (Å²) in [6, 6.07) is 0. The summed E-state index contributed by atoms with van der Waals surface area (Å²) in [7, 11) is 0. The zero-order valence-electron chi connectivity index (χ0n) is 15.3. The molecule has 0 spiro atoms. The molecule has 0 aromatic carbocycles. The predicted molar refractivity (Wildman–Crippen MR) is 92.9 cm³/mol. The molecule has 2 aliphatic rings. The first kappa shape index (κ1) is 19.2. The van der Waals surface area contributed by atoms with Gasteiger partial charge in [0.2, 0.25) is 0 Å². The van der Waals surface area contributed by atoms with Gasteiger partial charge in [0.1, 0.15) is 0 Å². The van der Waals surface area contributed by atoms with Crippen molar-refractivity contribution in [2.24, 2.45) is 35.5 Å². The molecule has 0 aromatic rings. The topological polar surface area (TPSA) is 40.5 Å². The van der Waals surface area contributed by atoms with Crippen molar-refractivity contribution in [2.45, 2.75) is 77.7 Å². The van der Waals surface area contributed by atoms with E-state index in [2.05, 4.69) is 13.8 Å². The fourth-order valence-corrected chi connectivity index (χ4v) is 5.70. The molecule has 2 N–H and O–H groups in total. The molecular formula is C20H37FO2. The highest BCUT2D eigenvalue weighted by atomic mass is 19.1. The Morgan fingerprint density at radius 2 is 1.91 bits per heavy atom. The average molecular weight is 329 g/mol. The Morgan fingerprint density at radius 3 is 2.52 bits per heavy atom. The molecule has 0 amide bonds. The molecule has 136 valence electrons. The Hall–Kier alpha value is -0.150. The van der Waals surface area contributed by atoms with Gasteiger partial charge in [0.15, 0.2) is 0 Å². The highest BCUT2D eigenvalue weighted by Gasteiger charge is 2.44. The standard InChI is InChI=1S/C20H37FO2/c1-4-18-15(9-11-22)7-8-16-6-5-10-20(3,23)14(2)12-17(13-21)19(16)18/h14-19,22-23H,4-13H2,1-3H3/t14-,15?,16?,17+,18?,19?,20-/m0/s1. The Labute approximate surface area is 141 Å². The van der Waals surface area contributed by atoms with Crippen molar-refractivity contribution in [2.75, 3.05) is 13.3 Å². The third kappa shape index (κ3) is 4.28. The molecule has 7 atom stereocenters. The number of hydrogen-bond donors (Lipinski definition) is 2. The molecular weight excluding hydrogens is 291 g/mol. The van der Waals surface area contributed by atoms with Gasteiger partial charge in [0.05, 0.1) is 12.3 Å². The largest absolute Gasteiger partial charge is 0.396 e. The smallest absolute Gasteiger partial charge is 0.0925 e.